The lowest BCUT2D eigenvalue weighted by molar-refractivity contribution is 0.474. The number of unbranched alkanes of at least 4 members (excludes halogenated alkanes) is 1. The maximum absolute atomic E-state index is 12.5. The Morgan fingerprint density at radius 1 is 1.14 bits per heavy atom. The van der Waals surface area contributed by atoms with Crippen LogP contribution in [0.1, 0.15) is 26.2 Å². The van der Waals surface area contributed by atoms with E-state index in [4.69, 9.17) is 0 Å². The number of nitrogens with zero attached hydrogens (tertiary/aromatic N) is 1. The van der Waals surface area contributed by atoms with Gasteiger partial charge in [-0.3, -0.25) is 0 Å². The monoisotopic (exact) mass is 331 g/mol. The first kappa shape index (κ1) is 16.5. The average Bonchev–Trinajstić information content (AvgIpc) is 2.97. The third-order valence-electron chi connectivity index (χ3n) is 3.77. The second kappa shape index (κ2) is 6.46. The highest BCUT2D eigenvalue weighted by Gasteiger charge is 2.38. The molecule has 1 saturated heterocycles. The topological polar surface area (TPSA) is 71.5 Å². The quantitative estimate of drug-likeness (QED) is 0.795. The number of sulfonamides is 1. The van der Waals surface area contributed by atoms with Crippen LogP contribution in [0.4, 0.5) is 0 Å². The van der Waals surface area contributed by atoms with Crippen LogP contribution in [-0.2, 0) is 19.9 Å². The van der Waals surface area contributed by atoms with Gasteiger partial charge < -0.3 is 0 Å². The first-order valence-corrected chi connectivity index (χ1v) is 10.3. The lowest BCUT2D eigenvalue weighted by atomic mass is 10.4. The van der Waals surface area contributed by atoms with Crippen LogP contribution in [0.15, 0.2) is 35.2 Å². The summed E-state index contributed by atoms with van der Waals surface area (Å²) in [5.74, 6) is 0.0988. The molecule has 0 amide bonds. The SMILES string of the molecule is CCCCS(=O)(=O)N1CCC(S(=O)(=O)c2ccccc2)C1. The van der Waals surface area contributed by atoms with Crippen molar-refractivity contribution in [2.24, 2.45) is 0 Å². The lowest BCUT2D eigenvalue weighted by Gasteiger charge is -2.16. The Morgan fingerprint density at radius 2 is 1.81 bits per heavy atom. The Morgan fingerprint density at radius 3 is 2.43 bits per heavy atom. The smallest absolute Gasteiger partial charge is 0.214 e. The fourth-order valence-corrected chi connectivity index (χ4v) is 5.97. The van der Waals surface area contributed by atoms with E-state index in [9.17, 15) is 16.8 Å². The normalized spacial score (nSPS) is 20.7. The van der Waals surface area contributed by atoms with Crippen molar-refractivity contribution in [1.29, 1.82) is 0 Å². The summed E-state index contributed by atoms with van der Waals surface area (Å²) in [6.45, 7) is 2.30. The third kappa shape index (κ3) is 3.64. The standard InChI is InChI=1S/C14H21NO4S2/c1-2-3-11-20(16,17)15-10-9-14(12-15)21(18,19)13-7-5-4-6-8-13/h4-8,14H,2-3,9-12H2,1H3. The van der Waals surface area contributed by atoms with E-state index < -0.39 is 25.1 Å². The Hall–Kier alpha value is -0.920. The van der Waals surface area contributed by atoms with Crippen molar-refractivity contribution >= 4 is 19.9 Å². The predicted molar refractivity (Wildman–Crippen MR) is 82.3 cm³/mol. The van der Waals surface area contributed by atoms with Gasteiger partial charge in [0.1, 0.15) is 0 Å². The number of rotatable bonds is 6. The van der Waals surface area contributed by atoms with E-state index in [-0.39, 0.29) is 17.2 Å². The van der Waals surface area contributed by atoms with Crippen molar-refractivity contribution in [2.45, 2.75) is 36.3 Å². The fraction of sp³-hybridized carbons (Fsp3) is 0.571. The summed E-state index contributed by atoms with van der Waals surface area (Å²) in [7, 11) is -6.79. The van der Waals surface area contributed by atoms with Gasteiger partial charge in [-0.2, -0.15) is 0 Å². The summed E-state index contributed by atoms with van der Waals surface area (Å²) in [5.41, 5.74) is 0. The molecule has 1 aliphatic rings. The minimum Gasteiger partial charge on any atom is -0.223 e. The van der Waals surface area contributed by atoms with Crippen molar-refractivity contribution < 1.29 is 16.8 Å². The zero-order valence-electron chi connectivity index (χ0n) is 12.1. The van der Waals surface area contributed by atoms with E-state index in [1.54, 1.807) is 30.3 Å². The molecule has 1 atom stereocenters. The van der Waals surface area contributed by atoms with Gasteiger partial charge in [0, 0.05) is 13.1 Å². The zero-order chi connectivity index (χ0) is 15.5. The Kier molecular flexibility index (Phi) is 5.06. The molecule has 0 radical (unpaired) electrons. The number of sulfone groups is 1. The highest BCUT2D eigenvalue weighted by atomic mass is 32.2. The molecule has 21 heavy (non-hydrogen) atoms. The number of hydrogen-bond donors (Lipinski definition) is 0. The molecule has 1 unspecified atom stereocenters. The van der Waals surface area contributed by atoms with Crippen LogP contribution in [0, 0.1) is 0 Å². The minimum atomic E-state index is -3.46. The maximum Gasteiger partial charge on any atom is 0.214 e. The van der Waals surface area contributed by atoms with Gasteiger partial charge in [0.2, 0.25) is 10.0 Å². The fourth-order valence-electron chi connectivity index (χ4n) is 2.46. The zero-order valence-corrected chi connectivity index (χ0v) is 13.7. The van der Waals surface area contributed by atoms with E-state index in [1.165, 1.54) is 4.31 Å². The van der Waals surface area contributed by atoms with E-state index in [0.29, 0.717) is 19.4 Å². The molecule has 1 aromatic carbocycles. The van der Waals surface area contributed by atoms with E-state index in [1.807, 2.05) is 6.92 Å². The molecule has 1 aliphatic heterocycles. The van der Waals surface area contributed by atoms with Gasteiger partial charge in [-0.15, -0.1) is 0 Å². The molecule has 2 rings (SSSR count). The molecule has 7 heteroatoms. The van der Waals surface area contributed by atoms with Crippen LogP contribution in [0.5, 0.6) is 0 Å². The summed E-state index contributed by atoms with van der Waals surface area (Å²) in [4.78, 5) is 0.266. The van der Waals surface area contributed by atoms with E-state index >= 15 is 0 Å². The molecule has 0 aromatic heterocycles. The van der Waals surface area contributed by atoms with Crippen LogP contribution in [0.2, 0.25) is 0 Å². The van der Waals surface area contributed by atoms with Crippen molar-refractivity contribution in [1.82, 2.24) is 4.31 Å². The van der Waals surface area contributed by atoms with Crippen LogP contribution >= 0.6 is 0 Å². The molecule has 0 saturated carbocycles. The molecule has 1 fully saturated rings. The molecular formula is C14H21NO4S2. The summed E-state index contributed by atoms with van der Waals surface area (Å²) in [5, 5.41) is -0.642. The molecule has 0 bridgehead atoms. The Balaban J connectivity index is 2.13. The van der Waals surface area contributed by atoms with Gasteiger partial charge in [-0.25, -0.2) is 21.1 Å². The maximum atomic E-state index is 12.5. The van der Waals surface area contributed by atoms with Gasteiger partial charge in [-0.1, -0.05) is 31.5 Å². The van der Waals surface area contributed by atoms with E-state index in [2.05, 4.69) is 0 Å². The molecule has 0 N–H and O–H groups in total. The Bertz CT molecular complexity index is 668. The lowest BCUT2D eigenvalue weighted by Crippen LogP contribution is -2.33. The Labute approximate surface area is 126 Å². The minimum absolute atomic E-state index is 0.0727. The molecule has 5 nitrogen and oxygen atoms in total. The molecular weight excluding hydrogens is 310 g/mol. The van der Waals surface area contributed by atoms with Crippen molar-refractivity contribution in [3.63, 3.8) is 0 Å². The third-order valence-corrected chi connectivity index (χ3v) is 7.88. The highest BCUT2D eigenvalue weighted by Crippen LogP contribution is 2.25. The number of hydrogen-bond acceptors (Lipinski definition) is 4. The van der Waals surface area contributed by atoms with Crippen molar-refractivity contribution in [3.8, 4) is 0 Å². The molecule has 1 heterocycles. The number of benzene rings is 1. The average molecular weight is 331 g/mol. The van der Waals surface area contributed by atoms with Crippen molar-refractivity contribution in [2.75, 3.05) is 18.8 Å². The van der Waals surface area contributed by atoms with Crippen LogP contribution in [-0.4, -0.2) is 45.2 Å². The first-order chi connectivity index (χ1) is 9.88. The van der Waals surface area contributed by atoms with Gasteiger partial charge in [0.15, 0.2) is 9.84 Å². The van der Waals surface area contributed by atoms with Crippen LogP contribution < -0.4 is 0 Å². The van der Waals surface area contributed by atoms with Gasteiger partial charge in [-0.05, 0) is 25.0 Å². The summed E-state index contributed by atoms with van der Waals surface area (Å²) >= 11 is 0. The van der Waals surface area contributed by atoms with Crippen molar-refractivity contribution in [3.05, 3.63) is 30.3 Å². The molecule has 0 aliphatic carbocycles. The largest absolute Gasteiger partial charge is 0.223 e. The predicted octanol–water partition coefficient (Wildman–Crippen LogP) is 1.66. The molecule has 118 valence electrons. The molecule has 1 aromatic rings. The van der Waals surface area contributed by atoms with Gasteiger partial charge in [0.25, 0.3) is 0 Å². The summed E-state index contributed by atoms with van der Waals surface area (Å²) in [6, 6.07) is 8.23. The summed E-state index contributed by atoms with van der Waals surface area (Å²) in [6.07, 6.45) is 1.77. The van der Waals surface area contributed by atoms with Gasteiger partial charge >= 0.3 is 0 Å². The second-order valence-electron chi connectivity index (χ2n) is 5.30. The van der Waals surface area contributed by atoms with E-state index in [0.717, 1.165) is 6.42 Å². The van der Waals surface area contributed by atoms with Crippen LogP contribution in [0.3, 0.4) is 0 Å². The summed E-state index contributed by atoms with van der Waals surface area (Å²) < 4.78 is 50.6. The van der Waals surface area contributed by atoms with Crippen LogP contribution in [0.25, 0.3) is 0 Å². The van der Waals surface area contributed by atoms with Gasteiger partial charge in [0.05, 0.1) is 15.9 Å². The highest BCUT2D eigenvalue weighted by molar-refractivity contribution is 7.92. The second-order valence-corrected chi connectivity index (χ2v) is 9.61. The first-order valence-electron chi connectivity index (χ1n) is 7.14. The molecule has 0 spiro atoms.